The fourth-order valence-electron chi connectivity index (χ4n) is 1.18. The Kier molecular flexibility index (Phi) is 6.01. The van der Waals surface area contributed by atoms with E-state index in [-0.39, 0.29) is 12.1 Å². The summed E-state index contributed by atoms with van der Waals surface area (Å²) in [6, 6.07) is 0.421. The zero-order valence-electron chi connectivity index (χ0n) is 9.42. The Morgan fingerprint density at radius 3 is 2.15 bits per heavy atom. The number of hydrogen-bond acceptors (Lipinski definition) is 3. The molecule has 13 heavy (non-hydrogen) atoms. The van der Waals surface area contributed by atoms with Crippen LogP contribution in [0.4, 0.5) is 0 Å². The van der Waals surface area contributed by atoms with Gasteiger partial charge < -0.3 is 10.4 Å². The summed E-state index contributed by atoms with van der Waals surface area (Å²) in [6.45, 7) is 10.8. The highest BCUT2D eigenvalue weighted by molar-refractivity contribution is 7.99. The molecule has 2 N–H and O–H groups in total. The SMILES string of the molecule is CC(C)NC(C)(CO)CSC(C)C. The van der Waals surface area contributed by atoms with E-state index in [0.717, 1.165) is 5.75 Å². The topological polar surface area (TPSA) is 32.3 Å². The molecule has 0 amide bonds. The molecule has 0 aromatic carbocycles. The largest absolute Gasteiger partial charge is 0.394 e. The van der Waals surface area contributed by atoms with Gasteiger partial charge in [0.25, 0.3) is 0 Å². The lowest BCUT2D eigenvalue weighted by Gasteiger charge is -2.31. The Bertz CT molecular complexity index is 139. The molecule has 3 heteroatoms. The van der Waals surface area contributed by atoms with Gasteiger partial charge in [-0.25, -0.2) is 0 Å². The lowest BCUT2D eigenvalue weighted by molar-refractivity contribution is 0.183. The lowest BCUT2D eigenvalue weighted by Crippen LogP contribution is -2.51. The average molecular weight is 205 g/mol. The summed E-state index contributed by atoms with van der Waals surface area (Å²) >= 11 is 1.88. The van der Waals surface area contributed by atoms with Crippen molar-refractivity contribution in [1.29, 1.82) is 0 Å². The molecule has 0 saturated heterocycles. The van der Waals surface area contributed by atoms with Crippen LogP contribution < -0.4 is 5.32 Å². The van der Waals surface area contributed by atoms with E-state index < -0.39 is 0 Å². The van der Waals surface area contributed by atoms with Gasteiger partial charge in [0.15, 0.2) is 0 Å². The maximum Gasteiger partial charge on any atom is 0.0618 e. The summed E-state index contributed by atoms with van der Waals surface area (Å²) in [5.74, 6) is 0.958. The first-order valence-corrected chi connectivity index (χ1v) is 5.94. The van der Waals surface area contributed by atoms with Crippen molar-refractivity contribution in [3.8, 4) is 0 Å². The van der Waals surface area contributed by atoms with E-state index in [1.165, 1.54) is 0 Å². The van der Waals surface area contributed by atoms with Crippen LogP contribution in [-0.4, -0.2) is 34.3 Å². The highest BCUT2D eigenvalue weighted by Crippen LogP contribution is 2.17. The Hall–Kier alpha value is 0.270. The van der Waals surface area contributed by atoms with Crippen LogP contribution in [-0.2, 0) is 0 Å². The molecule has 0 rings (SSSR count). The van der Waals surface area contributed by atoms with E-state index in [4.69, 9.17) is 0 Å². The van der Waals surface area contributed by atoms with Crippen LogP contribution in [0.2, 0.25) is 0 Å². The molecule has 80 valence electrons. The van der Waals surface area contributed by atoms with Gasteiger partial charge in [0, 0.05) is 17.3 Å². The zero-order valence-corrected chi connectivity index (χ0v) is 10.2. The smallest absolute Gasteiger partial charge is 0.0618 e. The zero-order chi connectivity index (χ0) is 10.5. The molecule has 0 radical (unpaired) electrons. The minimum atomic E-state index is -0.136. The Morgan fingerprint density at radius 2 is 1.85 bits per heavy atom. The molecule has 1 unspecified atom stereocenters. The predicted octanol–water partition coefficient (Wildman–Crippen LogP) is 1.88. The van der Waals surface area contributed by atoms with E-state index in [0.29, 0.717) is 11.3 Å². The van der Waals surface area contributed by atoms with Crippen molar-refractivity contribution < 1.29 is 5.11 Å². The van der Waals surface area contributed by atoms with Gasteiger partial charge in [-0.05, 0) is 12.2 Å². The maximum absolute atomic E-state index is 9.27. The van der Waals surface area contributed by atoms with E-state index in [2.05, 4.69) is 39.9 Å². The highest BCUT2D eigenvalue weighted by atomic mass is 32.2. The highest BCUT2D eigenvalue weighted by Gasteiger charge is 2.23. The van der Waals surface area contributed by atoms with Crippen LogP contribution in [0.3, 0.4) is 0 Å². The second kappa shape index (κ2) is 5.89. The van der Waals surface area contributed by atoms with Crippen molar-refractivity contribution in [3.63, 3.8) is 0 Å². The standard InChI is InChI=1S/C10H23NOS/c1-8(2)11-10(5,6-12)7-13-9(3)4/h8-9,11-12H,6-7H2,1-5H3. The van der Waals surface area contributed by atoms with Crippen LogP contribution in [0.25, 0.3) is 0 Å². The number of rotatable bonds is 6. The molecule has 0 aliphatic heterocycles. The fraction of sp³-hybridized carbons (Fsp3) is 1.00. The third-order valence-electron chi connectivity index (χ3n) is 1.72. The van der Waals surface area contributed by atoms with E-state index >= 15 is 0 Å². The van der Waals surface area contributed by atoms with Crippen LogP contribution in [0.15, 0.2) is 0 Å². The number of aliphatic hydroxyl groups is 1. The summed E-state index contributed by atoms with van der Waals surface area (Å²) in [5.41, 5.74) is -0.136. The minimum absolute atomic E-state index is 0.136. The first-order chi connectivity index (χ1) is 5.89. The molecular weight excluding hydrogens is 182 g/mol. The van der Waals surface area contributed by atoms with E-state index in [9.17, 15) is 5.11 Å². The average Bonchev–Trinajstić information content (AvgIpc) is 2.00. The summed E-state index contributed by atoms with van der Waals surface area (Å²) in [7, 11) is 0. The van der Waals surface area contributed by atoms with E-state index in [1.54, 1.807) is 0 Å². The van der Waals surface area contributed by atoms with E-state index in [1.807, 2.05) is 11.8 Å². The summed E-state index contributed by atoms with van der Waals surface area (Å²) in [6.07, 6.45) is 0. The lowest BCUT2D eigenvalue weighted by atomic mass is 10.1. The van der Waals surface area contributed by atoms with Crippen LogP contribution in [0.5, 0.6) is 0 Å². The Balaban J connectivity index is 3.96. The van der Waals surface area contributed by atoms with Gasteiger partial charge in [0.2, 0.25) is 0 Å². The molecular formula is C10H23NOS. The monoisotopic (exact) mass is 205 g/mol. The molecule has 2 nitrogen and oxygen atoms in total. The van der Waals surface area contributed by atoms with Gasteiger partial charge in [-0.2, -0.15) is 11.8 Å². The molecule has 1 atom stereocenters. The molecule has 0 spiro atoms. The Labute approximate surface area is 86.5 Å². The molecule has 0 aliphatic rings. The molecule has 0 saturated carbocycles. The quantitative estimate of drug-likeness (QED) is 0.694. The molecule has 0 aromatic heterocycles. The number of nitrogens with one attached hydrogen (secondary N) is 1. The van der Waals surface area contributed by atoms with Crippen LogP contribution >= 0.6 is 11.8 Å². The van der Waals surface area contributed by atoms with Crippen LogP contribution in [0, 0.1) is 0 Å². The van der Waals surface area contributed by atoms with Crippen molar-refractivity contribution in [2.75, 3.05) is 12.4 Å². The summed E-state index contributed by atoms with van der Waals surface area (Å²) in [4.78, 5) is 0. The summed E-state index contributed by atoms with van der Waals surface area (Å²) < 4.78 is 0. The summed E-state index contributed by atoms with van der Waals surface area (Å²) in [5, 5.41) is 13.3. The van der Waals surface area contributed by atoms with Crippen molar-refractivity contribution in [2.24, 2.45) is 0 Å². The molecule has 0 aliphatic carbocycles. The molecule has 0 aromatic rings. The molecule has 0 heterocycles. The van der Waals surface area contributed by atoms with Gasteiger partial charge >= 0.3 is 0 Å². The second-order valence-corrected chi connectivity index (χ2v) is 5.94. The Morgan fingerprint density at radius 1 is 1.31 bits per heavy atom. The van der Waals surface area contributed by atoms with Crippen molar-refractivity contribution in [3.05, 3.63) is 0 Å². The predicted molar refractivity (Wildman–Crippen MR) is 61.4 cm³/mol. The third-order valence-corrected chi connectivity index (χ3v) is 3.19. The minimum Gasteiger partial charge on any atom is -0.394 e. The fourth-order valence-corrected chi connectivity index (χ4v) is 2.06. The second-order valence-electron chi connectivity index (χ2n) is 4.38. The van der Waals surface area contributed by atoms with Crippen molar-refractivity contribution in [2.45, 2.75) is 51.4 Å². The van der Waals surface area contributed by atoms with Crippen molar-refractivity contribution >= 4 is 11.8 Å². The number of hydrogen-bond donors (Lipinski definition) is 2. The van der Waals surface area contributed by atoms with Gasteiger partial charge in [0.1, 0.15) is 0 Å². The van der Waals surface area contributed by atoms with Gasteiger partial charge in [-0.15, -0.1) is 0 Å². The van der Waals surface area contributed by atoms with Gasteiger partial charge in [-0.1, -0.05) is 27.7 Å². The van der Waals surface area contributed by atoms with Gasteiger partial charge in [-0.3, -0.25) is 0 Å². The van der Waals surface area contributed by atoms with Gasteiger partial charge in [0.05, 0.1) is 6.61 Å². The maximum atomic E-state index is 9.27. The number of thioether (sulfide) groups is 1. The molecule has 0 bridgehead atoms. The third kappa shape index (κ3) is 6.36. The first kappa shape index (κ1) is 13.3. The van der Waals surface area contributed by atoms with Crippen LogP contribution in [0.1, 0.15) is 34.6 Å². The first-order valence-electron chi connectivity index (χ1n) is 4.90. The molecule has 0 fully saturated rings. The number of aliphatic hydroxyl groups excluding tert-OH is 1. The van der Waals surface area contributed by atoms with Crippen molar-refractivity contribution in [1.82, 2.24) is 5.32 Å². The normalized spacial score (nSPS) is 16.6.